The number of hydrogen-bond donors (Lipinski definition) is 0. The average molecular weight is 292 g/mol. The van der Waals surface area contributed by atoms with Gasteiger partial charge in [-0.1, -0.05) is 12.5 Å². The highest BCUT2D eigenvalue weighted by atomic mass is 32.2. The lowest BCUT2D eigenvalue weighted by Crippen LogP contribution is -2.33. The molecule has 0 saturated heterocycles. The second-order valence-corrected chi connectivity index (χ2v) is 7.63. The molecule has 5 heteroatoms. The quantitative estimate of drug-likeness (QED) is 0.805. The summed E-state index contributed by atoms with van der Waals surface area (Å²) in [7, 11) is -1.33. The van der Waals surface area contributed by atoms with Gasteiger partial charge in [-0.3, -0.25) is 0 Å². The van der Waals surface area contributed by atoms with Crippen molar-refractivity contribution in [1.82, 2.24) is 4.90 Å². The van der Waals surface area contributed by atoms with Crippen LogP contribution < -0.4 is 0 Å². The van der Waals surface area contributed by atoms with Gasteiger partial charge < -0.3 is 4.90 Å². The smallest absolute Gasteiger partial charge is 0.179 e. The van der Waals surface area contributed by atoms with Gasteiger partial charge in [0.1, 0.15) is 0 Å². The summed E-state index contributed by atoms with van der Waals surface area (Å²) in [6, 6.07) is 8.20. The van der Waals surface area contributed by atoms with Crippen molar-refractivity contribution in [2.45, 2.75) is 24.2 Å². The first-order chi connectivity index (χ1) is 9.51. The van der Waals surface area contributed by atoms with Crippen molar-refractivity contribution in [3.8, 4) is 6.07 Å². The number of sulfone groups is 1. The summed E-state index contributed by atoms with van der Waals surface area (Å²) in [5.74, 6) is 0.843. The summed E-state index contributed by atoms with van der Waals surface area (Å²) in [6.45, 7) is 1.52. The van der Waals surface area contributed by atoms with E-state index in [1.54, 1.807) is 18.2 Å². The summed E-state index contributed by atoms with van der Waals surface area (Å²) in [5, 5.41) is 8.83. The molecule has 1 fully saturated rings. The van der Waals surface area contributed by atoms with E-state index in [9.17, 15) is 8.42 Å². The summed E-state index contributed by atoms with van der Waals surface area (Å²) in [5.41, 5.74) is 0.383. The first-order valence-corrected chi connectivity index (χ1v) is 8.58. The van der Waals surface area contributed by atoms with Crippen LogP contribution in [0, 0.1) is 17.2 Å². The fourth-order valence-electron chi connectivity index (χ4n) is 2.36. The summed E-state index contributed by atoms with van der Waals surface area (Å²) >= 11 is 0. The molecule has 1 aromatic rings. The van der Waals surface area contributed by atoms with Crippen molar-refractivity contribution in [1.29, 1.82) is 5.26 Å². The van der Waals surface area contributed by atoms with E-state index < -0.39 is 9.84 Å². The van der Waals surface area contributed by atoms with Gasteiger partial charge in [-0.05, 0) is 44.0 Å². The van der Waals surface area contributed by atoms with Crippen molar-refractivity contribution >= 4 is 9.84 Å². The predicted octanol–water partition coefficient (Wildman–Crippen LogP) is 2.06. The van der Waals surface area contributed by atoms with Crippen LogP contribution in [0.25, 0.3) is 0 Å². The van der Waals surface area contributed by atoms with Crippen molar-refractivity contribution in [3.05, 3.63) is 29.8 Å². The molecule has 0 N–H and O–H groups in total. The lowest BCUT2D eigenvalue weighted by atomic mass is 9.85. The van der Waals surface area contributed by atoms with Crippen molar-refractivity contribution in [2.75, 3.05) is 25.9 Å². The molecule has 0 radical (unpaired) electrons. The molecule has 0 amide bonds. The largest absolute Gasteiger partial charge is 0.305 e. The van der Waals surface area contributed by atoms with E-state index in [4.69, 9.17) is 5.26 Å². The first-order valence-electron chi connectivity index (χ1n) is 6.93. The Kier molecular flexibility index (Phi) is 4.79. The zero-order valence-electron chi connectivity index (χ0n) is 11.7. The van der Waals surface area contributed by atoms with E-state index in [0.717, 1.165) is 12.5 Å². The molecule has 0 aliphatic heterocycles. The third-order valence-electron chi connectivity index (χ3n) is 3.86. The van der Waals surface area contributed by atoms with E-state index in [-0.39, 0.29) is 10.6 Å². The Morgan fingerprint density at radius 2 is 2.15 bits per heavy atom. The second-order valence-electron chi connectivity index (χ2n) is 5.52. The SMILES string of the molecule is CN(CCS(=O)(=O)c1cccc(C#N)c1)CC1CCC1. The Labute approximate surface area is 120 Å². The lowest BCUT2D eigenvalue weighted by molar-refractivity contribution is 0.212. The zero-order valence-corrected chi connectivity index (χ0v) is 12.6. The van der Waals surface area contributed by atoms with Crippen LogP contribution in [-0.4, -0.2) is 39.2 Å². The summed E-state index contributed by atoms with van der Waals surface area (Å²) in [4.78, 5) is 2.34. The highest BCUT2D eigenvalue weighted by Crippen LogP contribution is 2.26. The number of rotatable bonds is 6. The molecule has 1 aliphatic carbocycles. The maximum Gasteiger partial charge on any atom is 0.179 e. The van der Waals surface area contributed by atoms with Gasteiger partial charge in [0, 0.05) is 13.1 Å². The fraction of sp³-hybridized carbons (Fsp3) is 0.533. The topological polar surface area (TPSA) is 61.2 Å². The minimum atomic E-state index is -3.31. The van der Waals surface area contributed by atoms with Gasteiger partial charge in [0.25, 0.3) is 0 Å². The Balaban J connectivity index is 1.94. The van der Waals surface area contributed by atoms with Gasteiger partial charge in [0.2, 0.25) is 0 Å². The van der Waals surface area contributed by atoms with Crippen molar-refractivity contribution < 1.29 is 8.42 Å². The van der Waals surface area contributed by atoms with Gasteiger partial charge in [-0.25, -0.2) is 8.42 Å². The molecule has 0 bridgehead atoms. The highest BCUT2D eigenvalue weighted by Gasteiger charge is 2.21. The highest BCUT2D eigenvalue weighted by molar-refractivity contribution is 7.91. The number of nitrogens with zero attached hydrogens (tertiary/aromatic N) is 2. The van der Waals surface area contributed by atoms with E-state index >= 15 is 0 Å². The molecular weight excluding hydrogens is 272 g/mol. The number of hydrogen-bond acceptors (Lipinski definition) is 4. The normalized spacial score (nSPS) is 15.8. The molecule has 0 spiro atoms. The predicted molar refractivity (Wildman–Crippen MR) is 78.0 cm³/mol. The second kappa shape index (κ2) is 6.38. The van der Waals surface area contributed by atoms with Gasteiger partial charge in [-0.2, -0.15) is 5.26 Å². The van der Waals surface area contributed by atoms with Gasteiger partial charge in [0.05, 0.1) is 22.3 Å². The molecule has 1 aromatic carbocycles. The molecule has 2 rings (SSSR count). The number of nitriles is 1. The number of benzene rings is 1. The molecule has 0 unspecified atom stereocenters. The van der Waals surface area contributed by atoms with Crippen molar-refractivity contribution in [3.63, 3.8) is 0 Å². The Bertz CT molecular complexity index is 601. The van der Waals surface area contributed by atoms with Gasteiger partial charge >= 0.3 is 0 Å². The van der Waals surface area contributed by atoms with Crippen LogP contribution in [0.4, 0.5) is 0 Å². The van der Waals surface area contributed by atoms with Crippen molar-refractivity contribution in [2.24, 2.45) is 5.92 Å². The van der Waals surface area contributed by atoms with E-state index in [1.165, 1.54) is 25.3 Å². The Morgan fingerprint density at radius 1 is 1.40 bits per heavy atom. The summed E-state index contributed by atoms with van der Waals surface area (Å²) in [6.07, 6.45) is 3.83. The fourth-order valence-corrected chi connectivity index (χ4v) is 3.74. The first kappa shape index (κ1) is 15.0. The third-order valence-corrected chi connectivity index (χ3v) is 5.55. The Morgan fingerprint density at radius 3 is 2.75 bits per heavy atom. The van der Waals surface area contributed by atoms with E-state index in [1.807, 2.05) is 13.1 Å². The molecule has 1 saturated carbocycles. The molecule has 0 atom stereocenters. The summed E-state index contributed by atoms with van der Waals surface area (Å²) < 4.78 is 24.5. The molecule has 0 heterocycles. The maximum absolute atomic E-state index is 12.2. The molecule has 4 nitrogen and oxygen atoms in total. The van der Waals surface area contributed by atoms with Crippen LogP contribution in [0.5, 0.6) is 0 Å². The van der Waals surface area contributed by atoms with E-state index in [2.05, 4.69) is 4.90 Å². The monoisotopic (exact) mass is 292 g/mol. The van der Waals surface area contributed by atoms with Gasteiger partial charge in [-0.15, -0.1) is 0 Å². The minimum Gasteiger partial charge on any atom is -0.305 e. The van der Waals surface area contributed by atoms with E-state index in [0.29, 0.717) is 12.1 Å². The lowest BCUT2D eigenvalue weighted by Gasteiger charge is -2.30. The Hall–Kier alpha value is -1.38. The molecule has 0 aromatic heterocycles. The standard InChI is InChI=1S/C15H20N2O2S/c1-17(12-13-4-2-5-13)8-9-20(18,19)15-7-3-6-14(10-15)11-16/h3,6-7,10,13H,2,4-5,8-9,12H2,1H3. The minimum absolute atomic E-state index is 0.102. The maximum atomic E-state index is 12.2. The molecule has 108 valence electrons. The van der Waals surface area contributed by atoms with Crippen LogP contribution in [0.1, 0.15) is 24.8 Å². The van der Waals surface area contributed by atoms with Crippen LogP contribution in [0.3, 0.4) is 0 Å². The van der Waals surface area contributed by atoms with Crippen LogP contribution in [-0.2, 0) is 9.84 Å². The molecular formula is C15H20N2O2S. The van der Waals surface area contributed by atoms with Gasteiger partial charge in [0.15, 0.2) is 9.84 Å². The van der Waals surface area contributed by atoms with Crippen LogP contribution in [0.15, 0.2) is 29.2 Å². The molecule has 1 aliphatic rings. The van der Waals surface area contributed by atoms with Crippen LogP contribution in [0.2, 0.25) is 0 Å². The third kappa shape index (κ3) is 3.81. The van der Waals surface area contributed by atoms with Crippen LogP contribution >= 0.6 is 0 Å². The molecule has 20 heavy (non-hydrogen) atoms. The average Bonchev–Trinajstić information content (AvgIpc) is 2.41. The zero-order chi connectivity index (χ0) is 14.6.